The summed E-state index contributed by atoms with van der Waals surface area (Å²) in [5.74, 6) is -0.281. The Kier molecular flexibility index (Phi) is 3.91. The minimum atomic E-state index is -0.281. The van der Waals surface area contributed by atoms with Crippen LogP contribution in [0.5, 0.6) is 0 Å². The molecule has 8 heteroatoms. The topological polar surface area (TPSA) is 77.1 Å². The first-order valence-electron chi connectivity index (χ1n) is 7.56. The Hall–Kier alpha value is -3.19. The number of halogens is 1. The Morgan fingerprint density at radius 3 is 3.00 bits per heavy atom. The third-order valence-corrected chi connectivity index (χ3v) is 3.88. The second-order valence-electron chi connectivity index (χ2n) is 5.46. The number of fused-ring (bicyclic) bond motifs is 1. The molecule has 0 aliphatic rings. The number of amides is 1. The van der Waals surface area contributed by atoms with E-state index < -0.39 is 0 Å². The van der Waals surface area contributed by atoms with Gasteiger partial charge in [0.25, 0.3) is 5.91 Å². The lowest BCUT2D eigenvalue weighted by molar-refractivity contribution is 0.102. The minimum Gasteiger partial charge on any atom is -0.319 e. The second kappa shape index (κ2) is 6.37. The van der Waals surface area contributed by atoms with E-state index in [1.807, 2.05) is 24.3 Å². The van der Waals surface area contributed by atoms with Gasteiger partial charge in [0.2, 0.25) is 0 Å². The predicted molar refractivity (Wildman–Crippen MR) is 93.7 cm³/mol. The summed E-state index contributed by atoms with van der Waals surface area (Å²) in [5.41, 5.74) is 2.54. The smallest absolute Gasteiger partial charge is 0.261 e. The number of nitrogens with zero attached hydrogens (tertiary/aromatic N) is 5. The van der Waals surface area contributed by atoms with Gasteiger partial charge in [-0.15, -0.1) is 0 Å². The number of nitrogens with one attached hydrogen (secondary N) is 1. The van der Waals surface area contributed by atoms with Crippen LogP contribution in [-0.4, -0.2) is 30.3 Å². The zero-order chi connectivity index (χ0) is 17.2. The molecule has 0 saturated carbocycles. The van der Waals surface area contributed by atoms with Gasteiger partial charge in [0, 0.05) is 23.6 Å². The third kappa shape index (κ3) is 3.22. The van der Waals surface area contributed by atoms with Crippen molar-refractivity contribution in [2.24, 2.45) is 0 Å². The molecule has 3 heterocycles. The number of hydrogen-bond donors (Lipinski definition) is 1. The van der Waals surface area contributed by atoms with Gasteiger partial charge in [-0.3, -0.25) is 9.48 Å². The number of aromatic nitrogens is 5. The molecule has 0 aliphatic carbocycles. The first-order chi connectivity index (χ1) is 12.2. The molecule has 0 aliphatic heterocycles. The van der Waals surface area contributed by atoms with Gasteiger partial charge in [0.05, 0.1) is 24.6 Å². The van der Waals surface area contributed by atoms with E-state index in [4.69, 9.17) is 11.6 Å². The van der Waals surface area contributed by atoms with Crippen LogP contribution >= 0.6 is 11.6 Å². The highest BCUT2D eigenvalue weighted by Gasteiger charge is 2.14. The van der Waals surface area contributed by atoms with Crippen molar-refractivity contribution in [3.8, 4) is 0 Å². The van der Waals surface area contributed by atoms with E-state index >= 15 is 0 Å². The van der Waals surface area contributed by atoms with Crippen molar-refractivity contribution < 1.29 is 4.79 Å². The van der Waals surface area contributed by atoms with Gasteiger partial charge in [0.1, 0.15) is 5.56 Å². The molecule has 1 aromatic carbocycles. The average Bonchev–Trinajstić information content (AvgIpc) is 3.21. The molecular weight excluding hydrogens is 340 g/mol. The maximum absolute atomic E-state index is 12.4. The Bertz CT molecular complexity index is 1050. The average molecular weight is 353 g/mol. The van der Waals surface area contributed by atoms with E-state index in [0.717, 1.165) is 5.56 Å². The van der Waals surface area contributed by atoms with Gasteiger partial charge in [0.15, 0.2) is 5.65 Å². The molecule has 7 nitrogen and oxygen atoms in total. The van der Waals surface area contributed by atoms with Crippen LogP contribution in [0, 0.1) is 0 Å². The minimum absolute atomic E-state index is 0.281. The van der Waals surface area contributed by atoms with Crippen LogP contribution in [-0.2, 0) is 6.54 Å². The van der Waals surface area contributed by atoms with Crippen LogP contribution in [0.25, 0.3) is 5.65 Å². The fraction of sp³-hybridized carbons (Fsp3) is 0.0588. The van der Waals surface area contributed by atoms with Gasteiger partial charge in [-0.05, 0) is 23.8 Å². The van der Waals surface area contributed by atoms with Gasteiger partial charge in [-0.1, -0.05) is 23.7 Å². The van der Waals surface area contributed by atoms with E-state index in [-0.39, 0.29) is 5.91 Å². The lowest BCUT2D eigenvalue weighted by Crippen LogP contribution is -2.11. The van der Waals surface area contributed by atoms with Crippen molar-refractivity contribution in [1.29, 1.82) is 0 Å². The zero-order valence-corrected chi connectivity index (χ0v) is 13.8. The first-order valence-corrected chi connectivity index (χ1v) is 7.93. The van der Waals surface area contributed by atoms with Crippen molar-refractivity contribution >= 4 is 28.8 Å². The van der Waals surface area contributed by atoms with E-state index in [1.165, 1.54) is 6.20 Å². The normalized spacial score (nSPS) is 10.9. The maximum Gasteiger partial charge on any atom is 0.261 e. The SMILES string of the molecule is O=C(Nc1cnn(Cc2cccc(Cl)c2)c1)c1cnn2cccnc12. The molecule has 25 heavy (non-hydrogen) atoms. The van der Waals surface area contributed by atoms with Crippen LogP contribution in [0.1, 0.15) is 15.9 Å². The van der Waals surface area contributed by atoms with Crippen molar-refractivity contribution in [1.82, 2.24) is 24.4 Å². The summed E-state index contributed by atoms with van der Waals surface area (Å²) in [6.07, 6.45) is 8.21. The van der Waals surface area contributed by atoms with E-state index in [9.17, 15) is 4.79 Å². The Morgan fingerprint density at radius 2 is 2.12 bits per heavy atom. The molecule has 0 atom stereocenters. The highest BCUT2D eigenvalue weighted by molar-refractivity contribution is 6.30. The van der Waals surface area contributed by atoms with Gasteiger partial charge < -0.3 is 5.32 Å². The van der Waals surface area contributed by atoms with Crippen molar-refractivity contribution in [3.05, 3.63) is 77.5 Å². The number of rotatable bonds is 4. The Balaban J connectivity index is 1.50. The number of carbonyl (C=O) groups excluding carboxylic acids is 1. The zero-order valence-electron chi connectivity index (χ0n) is 13.0. The largest absolute Gasteiger partial charge is 0.319 e. The van der Waals surface area contributed by atoms with E-state index in [0.29, 0.717) is 28.5 Å². The first kappa shape index (κ1) is 15.3. The number of anilines is 1. The quantitative estimate of drug-likeness (QED) is 0.612. The number of carbonyl (C=O) groups is 1. The molecule has 124 valence electrons. The van der Waals surface area contributed by atoms with Gasteiger partial charge in [-0.2, -0.15) is 10.2 Å². The summed E-state index contributed by atoms with van der Waals surface area (Å²) in [7, 11) is 0. The van der Waals surface area contributed by atoms with Gasteiger partial charge in [-0.25, -0.2) is 9.50 Å². The molecular formula is C17H13ClN6O. The molecule has 0 saturated heterocycles. The molecule has 0 spiro atoms. The molecule has 4 aromatic rings. The van der Waals surface area contributed by atoms with Crippen LogP contribution < -0.4 is 5.32 Å². The van der Waals surface area contributed by atoms with Gasteiger partial charge >= 0.3 is 0 Å². The summed E-state index contributed by atoms with van der Waals surface area (Å²) in [4.78, 5) is 16.6. The predicted octanol–water partition coefficient (Wildman–Crippen LogP) is 2.88. The number of hydrogen-bond acceptors (Lipinski definition) is 4. The van der Waals surface area contributed by atoms with Crippen LogP contribution in [0.2, 0.25) is 5.02 Å². The van der Waals surface area contributed by atoms with Crippen LogP contribution in [0.3, 0.4) is 0 Å². The summed E-state index contributed by atoms with van der Waals surface area (Å²) in [5, 5.41) is 11.9. The maximum atomic E-state index is 12.4. The molecule has 0 unspecified atom stereocenters. The second-order valence-corrected chi connectivity index (χ2v) is 5.89. The van der Waals surface area contributed by atoms with Crippen molar-refractivity contribution in [2.75, 3.05) is 5.32 Å². The monoisotopic (exact) mass is 352 g/mol. The Morgan fingerprint density at radius 1 is 1.20 bits per heavy atom. The molecule has 1 amide bonds. The summed E-state index contributed by atoms with van der Waals surface area (Å²) < 4.78 is 3.28. The molecule has 0 radical (unpaired) electrons. The fourth-order valence-electron chi connectivity index (χ4n) is 2.52. The standard InChI is InChI=1S/C17H13ClN6O/c18-13-4-1-3-12(7-13)10-23-11-14(8-20-23)22-17(25)15-9-21-24-6-2-5-19-16(15)24/h1-9,11H,10H2,(H,22,25). The molecule has 0 fully saturated rings. The third-order valence-electron chi connectivity index (χ3n) is 3.65. The number of benzene rings is 1. The summed E-state index contributed by atoms with van der Waals surface area (Å²) in [6, 6.07) is 9.32. The fourth-order valence-corrected chi connectivity index (χ4v) is 2.74. The lowest BCUT2D eigenvalue weighted by Gasteiger charge is -2.02. The highest BCUT2D eigenvalue weighted by atomic mass is 35.5. The van der Waals surface area contributed by atoms with E-state index in [2.05, 4.69) is 20.5 Å². The highest BCUT2D eigenvalue weighted by Crippen LogP contribution is 2.14. The molecule has 1 N–H and O–H groups in total. The molecule has 4 rings (SSSR count). The Labute approximate surface area is 147 Å². The van der Waals surface area contributed by atoms with Crippen molar-refractivity contribution in [2.45, 2.75) is 6.54 Å². The van der Waals surface area contributed by atoms with Crippen LogP contribution in [0.15, 0.2) is 61.3 Å². The van der Waals surface area contributed by atoms with Crippen molar-refractivity contribution in [3.63, 3.8) is 0 Å². The van der Waals surface area contributed by atoms with E-state index in [1.54, 1.807) is 40.1 Å². The molecule has 0 bridgehead atoms. The lowest BCUT2D eigenvalue weighted by atomic mass is 10.2. The summed E-state index contributed by atoms with van der Waals surface area (Å²) in [6.45, 7) is 0.564. The summed E-state index contributed by atoms with van der Waals surface area (Å²) >= 11 is 5.99. The van der Waals surface area contributed by atoms with Crippen LogP contribution in [0.4, 0.5) is 5.69 Å². The molecule has 3 aromatic heterocycles.